The second kappa shape index (κ2) is 4.23. The Balaban J connectivity index is 2.63. The van der Waals surface area contributed by atoms with Crippen LogP contribution in [0.3, 0.4) is 0 Å². The number of rotatable bonds is 4. The van der Waals surface area contributed by atoms with Crippen LogP contribution >= 0.6 is 0 Å². The zero-order valence-corrected chi connectivity index (χ0v) is 10.2. The summed E-state index contributed by atoms with van der Waals surface area (Å²) in [6, 6.07) is 2.97. The smallest absolute Gasteiger partial charge is 0.314 e. The van der Waals surface area contributed by atoms with Crippen LogP contribution in [0.1, 0.15) is 36.0 Å². The highest BCUT2D eigenvalue weighted by molar-refractivity contribution is 5.86. The van der Waals surface area contributed by atoms with Crippen LogP contribution in [0.15, 0.2) is 12.1 Å². The van der Waals surface area contributed by atoms with Crippen LogP contribution < -0.4 is 4.74 Å². The van der Waals surface area contributed by atoms with E-state index in [1.807, 2.05) is 0 Å². The summed E-state index contributed by atoms with van der Waals surface area (Å²) in [4.78, 5) is 11.3. The van der Waals surface area contributed by atoms with Gasteiger partial charge in [0.05, 0.1) is 18.1 Å². The third-order valence-corrected chi connectivity index (χ3v) is 3.38. The summed E-state index contributed by atoms with van der Waals surface area (Å²) in [6.07, 6.45) is -1.75. The van der Waals surface area contributed by atoms with Gasteiger partial charge in [0.15, 0.2) is 0 Å². The lowest BCUT2D eigenvalue weighted by Gasteiger charge is -2.19. The Hall–Kier alpha value is -1.65. The molecular formula is C13H14F2O3. The summed E-state index contributed by atoms with van der Waals surface area (Å²) in [6.45, 7) is 1.67. The number of carboxylic acid groups (broad SMARTS) is 1. The molecule has 0 amide bonds. The van der Waals surface area contributed by atoms with Gasteiger partial charge in [0.25, 0.3) is 6.43 Å². The van der Waals surface area contributed by atoms with Crippen LogP contribution in [0, 0.1) is 6.92 Å². The molecule has 1 fully saturated rings. The SMILES string of the molecule is COc1c(C(F)F)cc(C)cc1C1(C(=O)O)CC1. The number of aliphatic carboxylic acids is 1. The van der Waals surface area contributed by atoms with Crippen molar-refractivity contribution >= 4 is 5.97 Å². The van der Waals surface area contributed by atoms with Crippen LogP contribution in [-0.4, -0.2) is 18.2 Å². The largest absolute Gasteiger partial charge is 0.496 e. The summed E-state index contributed by atoms with van der Waals surface area (Å²) in [5, 5.41) is 9.25. The predicted octanol–water partition coefficient (Wildman–Crippen LogP) is 3.06. The molecule has 18 heavy (non-hydrogen) atoms. The van der Waals surface area contributed by atoms with Crippen LogP contribution in [0.2, 0.25) is 0 Å². The van der Waals surface area contributed by atoms with Crippen molar-refractivity contribution in [3.63, 3.8) is 0 Å². The molecule has 3 nitrogen and oxygen atoms in total. The number of methoxy groups -OCH3 is 1. The Morgan fingerprint density at radius 3 is 2.44 bits per heavy atom. The maximum absolute atomic E-state index is 13.0. The molecule has 0 aromatic heterocycles. The average molecular weight is 256 g/mol. The molecule has 0 saturated heterocycles. The van der Waals surface area contributed by atoms with E-state index >= 15 is 0 Å². The quantitative estimate of drug-likeness (QED) is 0.900. The lowest BCUT2D eigenvalue weighted by molar-refractivity contribution is -0.140. The van der Waals surface area contributed by atoms with E-state index < -0.39 is 17.8 Å². The Labute approximate surface area is 103 Å². The van der Waals surface area contributed by atoms with Crippen molar-refractivity contribution in [2.24, 2.45) is 0 Å². The average Bonchev–Trinajstić information content (AvgIpc) is 3.08. The molecule has 1 aliphatic carbocycles. The number of carbonyl (C=O) groups is 1. The van der Waals surface area contributed by atoms with Gasteiger partial charge in [0.1, 0.15) is 5.75 Å². The molecule has 0 atom stereocenters. The highest BCUT2D eigenvalue weighted by Gasteiger charge is 2.54. The molecule has 1 saturated carbocycles. The van der Waals surface area contributed by atoms with Crippen LogP contribution in [0.5, 0.6) is 5.75 Å². The second-order valence-electron chi connectivity index (χ2n) is 4.62. The lowest BCUT2D eigenvalue weighted by atomic mass is 9.91. The number of carboxylic acids is 1. The first-order chi connectivity index (χ1) is 8.42. The lowest BCUT2D eigenvalue weighted by Crippen LogP contribution is -2.21. The topological polar surface area (TPSA) is 46.5 Å². The van der Waals surface area contributed by atoms with Crippen LogP contribution in [0.25, 0.3) is 0 Å². The van der Waals surface area contributed by atoms with E-state index in [2.05, 4.69) is 0 Å². The summed E-state index contributed by atoms with van der Waals surface area (Å²) in [5.74, 6) is -0.970. The fourth-order valence-electron chi connectivity index (χ4n) is 2.27. The van der Waals surface area contributed by atoms with Crippen LogP contribution in [0.4, 0.5) is 8.78 Å². The van der Waals surface area contributed by atoms with Crippen molar-refractivity contribution in [3.8, 4) is 5.75 Å². The highest BCUT2D eigenvalue weighted by atomic mass is 19.3. The van der Waals surface area contributed by atoms with E-state index in [0.717, 1.165) is 0 Å². The molecule has 5 heteroatoms. The zero-order valence-electron chi connectivity index (χ0n) is 10.2. The molecule has 2 rings (SSSR count). The third-order valence-electron chi connectivity index (χ3n) is 3.38. The molecule has 0 bridgehead atoms. The molecule has 0 aliphatic heterocycles. The number of aryl methyl sites for hydroxylation is 1. The molecule has 0 unspecified atom stereocenters. The van der Waals surface area contributed by atoms with Gasteiger partial charge in [-0.3, -0.25) is 4.79 Å². The van der Waals surface area contributed by atoms with Gasteiger partial charge in [-0.1, -0.05) is 11.6 Å². The Bertz CT molecular complexity index is 493. The molecule has 98 valence electrons. The number of hydrogen-bond donors (Lipinski definition) is 1. The maximum Gasteiger partial charge on any atom is 0.314 e. The minimum absolute atomic E-state index is 0.00972. The molecule has 1 N–H and O–H groups in total. The normalized spacial score (nSPS) is 16.7. The number of hydrogen-bond acceptors (Lipinski definition) is 2. The van der Waals surface area contributed by atoms with Gasteiger partial charge < -0.3 is 9.84 Å². The van der Waals surface area contributed by atoms with Gasteiger partial charge in [-0.05, 0) is 25.8 Å². The fraction of sp³-hybridized carbons (Fsp3) is 0.462. The summed E-state index contributed by atoms with van der Waals surface area (Å²) in [5.41, 5.74) is -0.289. The number of alkyl halides is 2. The molecule has 0 heterocycles. The molecular weight excluding hydrogens is 242 g/mol. The highest BCUT2D eigenvalue weighted by Crippen LogP contribution is 2.53. The monoisotopic (exact) mass is 256 g/mol. The van der Waals surface area contributed by atoms with E-state index in [4.69, 9.17) is 4.74 Å². The predicted molar refractivity (Wildman–Crippen MR) is 61.2 cm³/mol. The first-order valence-corrected chi connectivity index (χ1v) is 5.63. The van der Waals surface area contributed by atoms with Crippen molar-refractivity contribution in [3.05, 3.63) is 28.8 Å². The number of halogens is 2. The Morgan fingerprint density at radius 1 is 1.44 bits per heavy atom. The first kappa shape index (κ1) is 12.8. The van der Waals surface area contributed by atoms with Crippen molar-refractivity contribution in [1.82, 2.24) is 0 Å². The van der Waals surface area contributed by atoms with E-state index in [-0.39, 0.29) is 11.3 Å². The Kier molecular flexibility index (Phi) is 3.00. The van der Waals surface area contributed by atoms with Gasteiger partial charge in [0, 0.05) is 5.56 Å². The third kappa shape index (κ3) is 1.83. The first-order valence-electron chi connectivity index (χ1n) is 5.63. The van der Waals surface area contributed by atoms with Crippen molar-refractivity contribution in [2.45, 2.75) is 31.6 Å². The molecule has 1 aromatic rings. The molecule has 0 radical (unpaired) electrons. The fourth-order valence-corrected chi connectivity index (χ4v) is 2.27. The minimum atomic E-state index is -2.68. The number of ether oxygens (including phenoxy) is 1. The second-order valence-corrected chi connectivity index (χ2v) is 4.62. The van der Waals surface area contributed by atoms with Gasteiger partial charge in [0.2, 0.25) is 0 Å². The minimum Gasteiger partial charge on any atom is -0.496 e. The summed E-state index contributed by atoms with van der Waals surface area (Å²) >= 11 is 0. The van der Waals surface area contributed by atoms with Crippen molar-refractivity contribution in [1.29, 1.82) is 0 Å². The van der Waals surface area contributed by atoms with E-state index in [1.165, 1.54) is 13.2 Å². The van der Waals surface area contributed by atoms with Crippen molar-refractivity contribution in [2.75, 3.05) is 7.11 Å². The molecule has 1 aromatic carbocycles. The summed E-state index contributed by atoms with van der Waals surface area (Å²) < 4.78 is 30.9. The standard InChI is InChI=1S/C13H14F2O3/c1-7-5-8(11(14)15)10(18-2)9(6-7)13(3-4-13)12(16)17/h5-6,11H,3-4H2,1-2H3,(H,16,17). The van der Waals surface area contributed by atoms with Gasteiger partial charge in [-0.15, -0.1) is 0 Å². The van der Waals surface area contributed by atoms with E-state index in [1.54, 1.807) is 13.0 Å². The van der Waals surface area contributed by atoms with Gasteiger partial charge in [-0.2, -0.15) is 0 Å². The number of benzene rings is 1. The molecule has 0 spiro atoms. The summed E-state index contributed by atoms with van der Waals surface area (Å²) in [7, 11) is 1.29. The molecule has 1 aliphatic rings. The van der Waals surface area contributed by atoms with Crippen molar-refractivity contribution < 1.29 is 23.4 Å². The van der Waals surface area contributed by atoms with E-state index in [9.17, 15) is 18.7 Å². The maximum atomic E-state index is 13.0. The van der Waals surface area contributed by atoms with Gasteiger partial charge >= 0.3 is 5.97 Å². The zero-order chi connectivity index (χ0) is 13.5. The van der Waals surface area contributed by atoms with E-state index in [0.29, 0.717) is 24.0 Å². The van der Waals surface area contributed by atoms with Gasteiger partial charge in [-0.25, -0.2) is 8.78 Å². The Morgan fingerprint density at radius 2 is 2.06 bits per heavy atom. The van der Waals surface area contributed by atoms with Crippen LogP contribution in [-0.2, 0) is 10.2 Å².